The van der Waals surface area contributed by atoms with Crippen molar-refractivity contribution in [2.24, 2.45) is 11.8 Å². The summed E-state index contributed by atoms with van der Waals surface area (Å²) in [4.78, 5) is 0. The standard InChI is InChI=1S/C27H36O12/c1-34-17-7-13(8-18(35-2)23(17)31)20-15(10-38-27-25(33)22(30)16(29)11-39-27)14(9-28)5-12-6-19(36-3)24(32)26(37-4)21(12)20/h6-8,14-16,20,22,25,27-33H,5,9-11H2,1-4H3/t14-,15-,16+,20-,22+,25+,27+/m0/s1. The topological polar surface area (TPSA) is 177 Å². The number of phenols is 2. The monoisotopic (exact) mass is 552 g/mol. The maximum absolute atomic E-state index is 11.0. The van der Waals surface area contributed by atoms with Gasteiger partial charge in [-0.2, -0.15) is 0 Å². The van der Waals surface area contributed by atoms with Crippen molar-refractivity contribution in [1.82, 2.24) is 0 Å². The number of aliphatic hydroxyl groups excluding tert-OH is 4. The zero-order chi connectivity index (χ0) is 28.4. The Kier molecular flexibility index (Phi) is 8.94. The second kappa shape index (κ2) is 12.0. The Bertz CT molecular complexity index is 1130. The van der Waals surface area contributed by atoms with Crippen molar-refractivity contribution >= 4 is 0 Å². The van der Waals surface area contributed by atoms with Crippen molar-refractivity contribution < 1.29 is 59.1 Å². The third-order valence-corrected chi connectivity index (χ3v) is 7.60. The van der Waals surface area contributed by atoms with Crippen LogP contribution in [0, 0.1) is 11.8 Å². The Morgan fingerprint density at radius 2 is 1.46 bits per heavy atom. The normalized spacial score (nSPS) is 28.5. The first-order chi connectivity index (χ1) is 18.7. The highest BCUT2D eigenvalue weighted by Crippen LogP contribution is 2.54. The van der Waals surface area contributed by atoms with Gasteiger partial charge >= 0.3 is 0 Å². The number of phenolic OH excluding ortho intramolecular Hbond substituents is 2. The maximum Gasteiger partial charge on any atom is 0.201 e. The van der Waals surface area contributed by atoms with Gasteiger partial charge in [-0.15, -0.1) is 0 Å². The summed E-state index contributed by atoms with van der Waals surface area (Å²) in [6.07, 6.45) is -5.04. The third-order valence-electron chi connectivity index (χ3n) is 7.60. The van der Waals surface area contributed by atoms with Crippen molar-refractivity contribution in [2.75, 3.05) is 48.3 Å². The molecule has 1 fully saturated rings. The minimum absolute atomic E-state index is 0.0542. The lowest BCUT2D eigenvalue weighted by Gasteiger charge is -2.42. The molecule has 0 unspecified atom stereocenters. The molecule has 0 aromatic heterocycles. The van der Waals surface area contributed by atoms with Crippen LogP contribution < -0.4 is 18.9 Å². The number of hydrogen-bond donors (Lipinski definition) is 6. The molecule has 6 N–H and O–H groups in total. The average Bonchev–Trinajstić information content (AvgIpc) is 2.94. The predicted molar refractivity (Wildman–Crippen MR) is 136 cm³/mol. The molecule has 0 spiro atoms. The molecule has 2 aliphatic rings. The van der Waals surface area contributed by atoms with Gasteiger partial charge in [-0.25, -0.2) is 0 Å². The molecule has 2 aromatic rings. The van der Waals surface area contributed by atoms with Gasteiger partial charge in [0.25, 0.3) is 0 Å². The summed E-state index contributed by atoms with van der Waals surface area (Å²) in [6, 6.07) is 4.96. The molecule has 0 amide bonds. The smallest absolute Gasteiger partial charge is 0.201 e. The molecule has 1 aliphatic heterocycles. The molecule has 4 rings (SSSR count). The fourth-order valence-electron chi connectivity index (χ4n) is 5.55. The summed E-state index contributed by atoms with van der Waals surface area (Å²) in [6.45, 7) is -0.504. The molecule has 0 bridgehead atoms. The number of fused-ring (bicyclic) bond motifs is 1. The van der Waals surface area contributed by atoms with Gasteiger partial charge in [0.15, 0.2) is 29.3 Å². The Morgan fingerprint density at radius 3 is 2.03 bits per heavy atom. The molecule has 1 aliphatic carbocycles. The maximum atomic E-state index is 11.0. The quantitative estimate of drug-likeness (QED) is 0.254. The first-order valence-electron chi connectivity index (χ1n) is 12.5. The minimum Gasteiger partial charge on any atom is -0.502 e. The Morgan fingerprint density at radius 1 is 0.846 bits per heavy atom. The van der Waals surface area contributed by atoms with Crippen molar-refractivity contribution in [3.05, 3.63) is 34.9 Å². The van der Waals surface area contributed by atoms with E-state index in [1.54, 1.807) is 18.2 Å². The van der Waals surface area contributed by atoms with Gasteiger partial charge in [-0.1, -0.05) is 0 Å². The fraction of sp³-hybridized carbons (Fsp3) is 0.556. The number of ether oxygens (including phenoxy) is 6. The molecule has 12 heteroatoms. The second-order valence-electron chi connectivity index (χ2n) is 9.68. The van der Waals surface area contributed by atoms with E-state index in [0.717, 1.165) is 5.56 Å². The van der Waals surface area contributed by atoms with Crippen LogP contribution in [0.2, 0.25) is 0 Å². The van der Waals surface area contributed by atoms with Crippen LogP contribution >= 0.6 is 0 Å². The second-order valence-corrected chi connectivity index (χ2v) is 9.68. The van der Waals surface area contributed by atoms with E-state index < -0.39 is 36.4 Å². The van der Waals surface area contributed by atoms with Crippen LogP contribution in [0.4, 0.5) is 0 Å². The van der Waals surface area contributed by atoms with Crippen LogP contribution in [0.1, 0.15) is 22.6 Å². The summed E-state index contributed by atoms with van der Waals surface area (Å²) in [5.74, 6) is -1.16. The molecule has 1 heterocycles. The van der Waals surface area contributed by atoms with Gasteiger partial charge < -0.3 is 59.1 Å². The highest BCUT2D eigenvalue weighted by Gasteiger charge is 2.44. The molecule has 0 saturated carbocycles. The number of aliphatic hydroxyl groups is 4. The first-order valence-corrected chi connectivity index (χ1v) is 12.5. The van der Waals surface area contributed by atoms with E-state index in [1.807, 2.05) is 0 Å². The van der Waals surface area contributed by atoms with Gasteiger partial charge in [0.1, 0.15) is 18.3 Å². The molecule has 216 valence electrons. The van der Waals surface area contributed by atoms with Gasteiger partial charge in [0, 0.05) is 18.1 Å². The number of hydrogen-bond acceptors (Lipinski definition) is 12. The molecule has 2 aromatic carbocycles. The van der Waals surface area contributed by atoms with Crippen molar-refractivity contribution in [3.63, 3.8) is 0 Å². The van der Waals surface area contributed by atoms with Gasteiger partial charge in [0.2, 0.25) is 11.5 Å². The SMILES string of the molecule is COc1cc([C@@H]2c3c(cc(OC)c(O)c3OC)C[C@@H](CO)[C@@H]2CO[C@@H]2OC[C@@H](O)[C@@H](O)[C@H]2O)cc(OC)c1O. The van der Waals surface area contributed by atoms with Crippen LogP contribution in [0.5, 0.6) is 34.5 Å². The lowest BCUT2D eigenvalue weighted by molar-refractivity contribution is -0.274. The van der Waals surface area contributed by atoms with Crippen LogP contribution in [0.3, 0.4) is 0 Å². The van der Waals surface area contributed by atoms with E-state index in [4.69, 9.17) is 28.4 Å². The highest BCUT2D eigenvalue weighted by molar-refractivity contribution is 5.64. The highest BCUT2D eigenvalue weighted by atomic mass is 16.7. The Labute approximate surface area is 225 Å². The molecule has 7 atom stereocenters. The molecular weight excluding hydrogens is 516 g/mol. The van der Waals surface area contributed by atoms with E-state index in [-0.39, 0.29) is 60.2 Å². The Hall–Kier alpha value is -3.00. The van der Waals surface area contributed by atoms with Crippen LogP contribution in [0.15, 0.2) is 18.2 Å². The molecule has 12 nitrogen and oxygen atoms in total. The number of rotatable bonds is 9. The summed E-state index contributed by atoms with van der Waals surface area (Å²) in [5, 5.41) is 62.3. The van der Waals surface area contributed by atoms with Crippen LogP contribution in [0.25, 0.3) is 0 Å². The first kappa shape index (κ1) is 29.0. The minimum atomic E-state index is -1.49. The number of aromatic hydroxyl groups is 2. The Balaban J connectivity index is 1.86. The zero-order valence-electron chi connectivity index (χ0n) is 22.2. The molecule has 0 radical (unpaired) electrons. The van der Waals surface area contributed by atoms with Crippen molar-refractivity contribution in [3.8, 4) is 34.5 Å². The average molecular weight is 553 g/mol. The van der Waals surface area contributed by atoms with Crippen molar-refractivity contribution in [1.29, 1.82) is 0 Å². The number of methoxy groups -OCH3 is 4. The van der Waals surface area contributed by atoms with Gasteiger partial charge in [-0.3, -0.25) is 0 Å². The molecule has 1 saturated heterocycles. The lowest BCUT2D eigenvalue weighted by atomic mass is 9.66. The summed E-state index contributed by atoms with van der Waals surface area (Å²) in [7, 11) is 5.66. The largest absolute Gasteiger partial charge is 0.502 e. The summed E-state index contributed by atoms with van der Waals surface area (Å²) < 4.78 is 33.2. The lowest BCUT2D eigenvalue weighted by Crippen LogP contribution is -2.54. The van der Waals surface area contributed by atoms with E-state index in [2.05, 4.69) is 0 Å². The van der Waals surface area contributed by atoms with Gasteiger partial charge in [0.05, 0.1) is 41.7 Å². The van der Waals surface area contributed by atoms with Gasteiger partial charge in [-0.05, 0) is 47.6 Å². The number of benzene rings is 2. The van der Waals surface area contributed by atoms with Crippen LogP contribution in [-0.2, 0) is 15.9 Å². The third kappa shape index (κ3) is 5.28. The van der Waals surface area contributed by atoms with E-state index in [0.29, 0.717) is 17.5 Å². The van der Waals surface area contributed by atoms with E-state index >= 15 is 0 Å². The van der Waals surface area contributed by atoms with Crippen LogP contribution in [-0.4, -0.2) is 104 Å². The summed E-state index contributed by atoms with van der Waals surface area (Å²) >= 11 is 0. The van der Waals surface area contributed by atoms with E-state index in [1.165, 1.54) is 28.4 Å². The van der Waals surface area contributed by atoms with Crippen molar-refractivity contribution in [2.45, 2.75) is 36.9 Å². The molecular formula is C27H36O12. The zero-order valence-corrected chi connectivity index (χ0v) is 22.2. The van der Waals surface area contributed by atoms with E-state index in [9.17, 15) is 30.6 Å². The molecule has 39 heavy (non-hydrogen) atoms. The fourth-order valence-corrected chi connectivity index (χ4v) is 5.55. The summed E-state index contributed by atoms with van der Waals surface area (Å²) in [5.41, 5.74) is 1.99. The predicted octanol–water partition coefficient (Wildman–Crippen LogP) is 0.500.